The molecule has 2 aromatic carbocycles. The van der Waals surface area contributed by atoms with Gasteiger partial charge in [0.15, 0.2) is 0 Å². The molecule has 0 heterocycles. The third kappa shape index (κ3) is 10.7. The Morgan fingerprint density at radius 2 is 0.905 bits per heavy atom. The van der Waals surface area contributed by atoms with Crippen LogP contribution in [0, 0.1) is 41.5 Å². The van der Waals surface area contributed by atoms with Gasteiger partial charge in [0.2, 0.25) is 0 Å². The molecule has 0 aromatic heterocycles. The van der Waals surface area contributed by atoms with E-state index in [1.165, 1.54) is 33.4 Å². The molecule has 0 aliphatic heterocycles. The minimum absolute atomic E-state index is 0. The molecule has 0 bridgehead atoms. The third-order valence-electron chi connectivity index (χ3n) is 3.02. The van der Waals surface area contributed by atoms with Crippen molar-refractivity contribution in [1.29, 1.82) is 0 Å². The Morgan fingerprint density at radius 3 is 0.952 bits per heavy atom. The normalized spacial score (nSPS) is 8.10. The maximum Gasteiger partial charge on any atom is 4.00 e. The van der Waals surface area contributed by atoms with Gasteiger partial charge in [-0.25, -0.2) is 23.3 Å². The zero-order valence-corrected chi connectivity index (χ0v) is 16.2. The molecule has 0 aliphatic carbocycles. The molecule has 3 heteroatoms. The van der Waals surface area contributed by atoms with E-state index >= 15 is 0 Å². The summed E-state index contributed by atoms with van der Waals surface area (Å²) in [6, 6.07) is 8.81. The van der Waals surface area contributed by atoms with E-state index in [1.54, 1.807) is 0 Å². The van der Waals surface area contributed by atoms with Crippen molar-refractivity contribution in [3.63, 3.8) is 0 Å². The number of hydrogen-bond donors (Lipinski definition) is 0. The summed E-state index contributed by atoms with van der Waals surface area (Å²) < 4.78 is 0. The first-order chi connectivity index (χ1) is 9.40. The molecule has 0 unspecified atom stereocenters. The van der Waals surface area contributed by atoms with Crippen LogP contribution in [0.1, 0.15) is 33.4 Å². The maximum atomic E-state index is 8.25. The predicted molar refractivity (Wildman–Crippen MR) is 84.3 cm³/mol. The van der Waals surface area contributed by atoms with Crippen molar-refractivity contribution in [2.24, 2.45) is 0 Å². The molecule has 0 radical (unpaired) electrons. The summed E-state index contributed by atoms with van der Waals surface area (Å²) in [6.45, 7) is 12.8. The van der Waals surface area contributed by atoms with Crippen molar-refractivity contribution in [1.82, 2.24) is 0 Å². The molecule has 2 aromatic rings. The van der Waals surface area contributed by atoms with E-state index in [-0.39, 0.29) is 21.7 Å². The van der Waals surface area contributed by atoms with Gasteiger partial charge >= 0.3 is 21.7 Å². The first-order valence-corrected chi connectivity index (χ1v) is 6.63. The van der Waals surface area contributed by atoms with Gasteiger partial charge in [0.1, 0.15) is 0 Å². The summed E-state index contributed by atoms with van der Waals surface area (Å²) in [7, 11) is 1.50. The van der Waals surface area contributed by atoms with Crippen molar-refractivity contribution >= 4 is 0 Å². The van der Waals surface area contributed by atoms with Crippen LogP contribution in [0.5, 0.6) is 0 Å². The van der Waals surface area contributed by atoms with E-state index in [1.807, 2.05) is 0 Å². The molecule has 2 rings (SSSR count). The molecular formula is C18H28O2Ti. The van der Waals surface area contributed by atoms with Crippen LogP contribution >= 0.6 is 0 Å². The molecule has 0 N–H and O–H groups in total. The zero-order chi connectivity index (χ0) is 16.3. The predicted octanol–water partition coefficient (Wildman–Crippen LogP) is 2.61. The van der Waals surface area contributed by atoms with Crippen LogP contribution in [0.4, 0.5) is 0 Å². The maximum absolute atomic E-state index is 8.25. The van der Waals surface area contributed by atoms with E-state index in [2.05, 4.69) is 65.8 Å². The van der Waals surface area contributed by atoms with Gasteiger partial charge in [-0.2, -0.15) is 48.6 Å². The molecule has 116 valence electrons. The van der Waals surface area contributed by atoms with Crippen LogP contribution in [-0.4, -0.2) is 14.2 Å². The monoisotopic (exact) mass is 324 g/mol. The molecule has 0 spiro atoms. The van der Waals surface area contributed by atoms with Crippen LogP contribution < -0.4 is 10.2 Å². The second kappa shape index (κ2) is 14.3. The molecule has 0 atom stereocenters. The molecule has 21 heavy (non-hydrogen) atoms. The van der Waals surface area contributed by atoms with Crippen LogP contribution in [0.2, 0.25) is 0 Å². The van der Waals surface area contributed by atoms with Crippen molar-refractivity contribution in [3.8, 4) is 0 Å². The van der Waals surface area contributed by atoms with Crippen molar-refractivity contribution < 1.29 is 31.9 Å². The average molecular weight is 324 g/mol. The summed E-state index contributed by atoms with van der Waals surface area (Å²) in [4.78, 5) is 0. The summed E-state index contributed by atoms with van der Waals surface area (Å²) in [6.07, 6.45) is 0. The van der Waals surface area contributed by atoms with E-state index in [9.17, 15) is 0 Å². The number of hydrogen-bond acceptors (Lipinski definition) is 2. The summed E-state index contributed by atoms with van der Waals surface area (Å²) in [5.41, 5.74) is 8.37. The summed E-state index contributed by atoms with van der Waals surface area (Å²) in [5, 5.41) is 16.5. The summed E-state index contributed by atoms with van der Waals surface area (Å²) in [5.74, 6) is 0. The smallest absolute Gasteiger partial charge is 0.857 e. The van der Waals surface area contributed by atoms with E-state index in [0.717, 1.165) is 14.2 Å². The van der Waals surface area contributed by atoms with Gasteiger partial charge in [0, 0.05) is 0 Å². The molecule has 0 amide bonds. The second-order valence-corrected chi connectivity index (χ2v) is 4.80. The largest absolute Gasteiger partial charge is 4.00 e. The van der Waals surface area contributed by atoms with Crippen LogP contribution in [0.15, 0.2) is 24.3 Å². The Labute approximate surface area is 145 Å². The third-order valence-corrected chi connectivity index (χ3v) is 3.02. The number of rotatable bonds is 0. The fourth-order valence-corrected chi connectivity index (χ4v) is 1.90. The van der Waals surface area contributed by atoms with Crippen molar-refractivity contribution in [2.45, 2.75) is 41.5 Å². The molecule has 0 saturated carbocycles. The topological polar surface area (TPSA) is 46.1 Å². The van der Waals surface area contributed by atoms with Gasteiger partial charge in [0.05, 0.1) is 0 Å². The molecular weight excluding hydrogens is 296 g/mol. The van der Waals surface area contributed by atoms with Gasteiger partial charge in [-0.1, -0.05) is 41.5 Å². The second-order valence-electron chi connectivity index (χ2n) is 4.80. The molecule has 2 nitrogen and oxygen atoms in total. The van der Waals surface area contributed by atoms with Gasteiger partial charge in [-0.15, -0.1) is 0 Å². The molecule has 0 aliphatic rings. The molecule has 0 saturated heterocycles. The first kappa shape index (κ1) is 25.3. The fourth-order valence-electron chi connectivity index (χ4n) is 1.90. The van der Waals surface area contributed by atoms with Gasteiger partial charge in [-0.05, 0) is 0 Å². The van der Waals surface area contributed by atoms with Crippen LogP contribution in [0.25, 0.3) is 0 Å². The SMILES string of the molecule is C[O-].C[O-].Cc1cc(C)[c-](C)c1.Cc1cc(C)[c-](C)c1.[Ti+4]. The van der Waals surface area contributed by atoms with E-state index in [0.29, 0.717) is 0 Å². The molecule has 0 fully saturated rings. The van der Waals surface area contributed by atoms with Gasteiger partial charge in [-0.3, -0.25) is 0 Å². The quantitative estimate of drug-likeness (QED) is 0.552. The minimum Gasteiger partial charge on any atom is -0.857 e. The van der Waals surface area contributed by atoms with Crippen LogP contribution in [0.3, 0.4) is 0 Å². The Morgan fingerprint density at radius 1 is 0.667 bits per heavy atom. The fraction of sp³-hybridized carbons (Fsp3) is 0.444. The standard InChI is InChI=1S/2C8H11.2CH3O.Ti/c2*1-6-4-7(2)8(3)5-6;2*1-2;/h2*4-5H,1-3H3;2*1H3;/q4*-1;+4. The Balaban J connectivity index is -0.000000240. The Bertz CT molecular complexity index is 384. The minimum atomic E-state index is 0. The first-order valence-electron chi connectivity index (χ1n) is 6.63. The van der Waals surface area contributed by atoms with Gasteiger partial charge < -0.3 is 10.2 Å². The number of aryl methyl sites for hydroxylation is 6. The Kier molecular flexibility index (Phi) is 17.2. The average Bonchev–Trinajstić information content (AvgIpc) is 2.87. The van der Waals surface area contributed by atoms with E-state index < -0.39 is 0 Å². The Hall–Kier alpha value is -0.666. The van der Waals surface area contributed by atoms with Gasteiger partial charge in [0.25, 0.3) is 0 Å². The van der Waals surface area contributed by atoms with Crippen LogP contribution in [-0.2, 0) is 21.7 Å². The van der Waals surface area contributed by atoms with E-state index in [4.69, 9.17) is 10.2 Å². The zero-order valence-electron chi connectivity index (χ0n) is 14.6. The van der Waals surface area contributed by atoms with Crippen molar-refractivity contribution in [2.75, 3.05) is 14.2 Å². The van der Waals surface area contributed by atoms with Crippen molar-refractivity contribution in [3.05, 3.63) is 57.6 Å². The summed E-state index contributed by atoms with van der Waals surface area (Å²) >= 11 is 0.